The molecule has 3 aromatic carbocycles. The monoisotopic (exact) mass is 369 g/mol. The Hall–Kier alpha value is -3.53. The van der Waals surface area contributed by atoms with Gasteiger partial charge in [-0.3, -0.25) is 0 Å². The predicted molar refractivity (Wildman–Crippen MR) is 115 cm³/mol. The summed E-state index contributed by atoms with van der Waals surface area (Å²) < 4.78 is 0. The third kappa shape index (κ3) is 3.91. The molecule has 4 nitrogen and oxygen atoms in total. The van der Waals surface area contributed by atoms with Crippen molar-refractivity contribution in [3.05, 3.63) is 102 Å². The molecular formula is C24H23N3O. The summed E-state index contributed by atoms with van der Waals surface area (Å²) >= 11 is 0. The number of carbonyl (C=O) groups is 1. The number of nitrogens with one attached hydrogen (secondary N) is 3. The highest BCUT2D eigenvalue weighted by molar-refractivity contribution is 5.89. The second-order valence-corrected chi connectivity index (χ2v) is 6.95. The molecule has 4 heteroatoms. The Morgan fingerprint density at radius 1 is 0.929 bits per heavy atom. The minimum Gasteiger partial charge on any atom is -0.361 e. The Balaban J connectivity index is 1.55. The molecule has 4 aromatic rings. The lowest BCUT2D eigenvalue weighted by atomic mass is 9.91. The Bertz CT molecular complexity index is 1070. The summed E-state index contributed by atoms with van der Waals surface area (Å²) in [5.74, 6) is 0.0566. The summed E-state index contributed by atoms with van der Waals surface area (Å²) in [4.78, 5) is 15.8. The van der Waals surface area contributed by atoms with Crippen LogP contribution in [0.3, 0.4) is 0 Å². The highest BCUT2D eigenvalue weighted by Gasteiger charge is 2.18. The molecule has 3 N–H and O–H groups in total. The van der Waals surface area contributed by atoms with E-state index in [0.29, 0.717) is 6.54 Å². The number of hydrogen-bond donors (Lipinski definition) is 3. The van der Waals surface area contributed by atoms with E-state index in [4.69, 9.17) is 0 Å². The molecule has 1 heterocycles. The average Bonchev–Trinajstić information content (AvgIpc) is 3.15. The molecule has 0 saturated heterocycles. The van der Waals surface area contributed by atoms with E-state index < -0.39 is 0 Å². The van der Waals surface area contributed by atoms with Gasteiger partial charge in [0.15, 0.2) is 0 Å². The summed E-state index contributed by atoms with van der Waals surface area (Å²) in [5, 5.41) is 7.11. The van der Waals surface area contributed by atoms with Crippen molar-refractivity contribution >= 4 is 22.6 Å². The summed E-state index contributed by atoms with van der Waals surface area (Å²) in [6.07, 6.45) is 2.04. The van der Waals surface area contributed by atoms with Crippen LogP contribution in [0.15, 0.2) is 85.1 Å². The molecule has 28 heavy (non-hydrogen) atoms. The van der Waals surface area contributed by atoms with E-state index in [1.165, 1.54) is 16.5 Å². The molecule has 2 amide bonds. The number of rotatable bonds is 5. The molecule has 0 radical (unpaired) electrons. The van der Waals surface area contributed by atoms with Crippen molar-refractivity contribution in [2.75, 3.05) is 11.9 Å². The normalized spacial score (nSPS) is 11.9. The zero-order valence-electron chi connectivity index (χ0n) is 15.8. The van der Waals surface area contributed by atoms with E-state index >= 15 is 0 Å². The third-order valence-electron chi connectivity index (χ3n) is 4.97. The first-order chi connectivity index (χ1) is 13.7. The van der Waals surface area contributed by atoms with Crippen molar-refractivity contribution in [3.63, 3.8) is 0 Å². The fourth-order valence-corrected chi connectivity index (χ4v) is 3.48. The molecular weight excluding hydrogens is 346 g/mol. The molecule has 0 fully saturated rings. The SMILES string of the molecule is Cc1ccc(NC(=O)NCC(c2ccccc2)c2c[nH]c3ccccc23)cc1. The molecule has 140 valence electrons. The zero-order chi connectivity index (χ0) is 19.3. The molecule has 0 spiro atoms. The van der Waals surface area contributed by atoms with Crippen LogP contribution >= 0.6 is 0 Å². The van der Waals surface area contributed by atoms with Crippen LogP contribution in [0.25, 0.3) is 10.9 Å². The van der Waals surface area contributed by atoms with E-state index in [-0.39, 0.29) is 11.9 Å². The molecule has 1 aromatic heterocycles. The number of hydrogen-bond acceptors (Lipinski definition) is 1. The predicted octanol–water partition coefficient (Wildman–Crippen LogP) is 5.43. The van der Waals surface area contributed by atoms with Gasteiger partial charge in [-0.1, -0.05) is 66.2 Å². The van der Waals surface area contributed by atoms with Crippen LogP contribution < -0.4 is 10.6 Å². The lowest BCUT2D eigenvalue weighted by Crippen LogP contribution is -2.32. The number of fused-ring (bicyclic) bond motifs is 1. The van der Waals surface area contributed by atoms with Crippen molar-refractivity contribution in [2.45, 2.75) is 12.8 Å². The molecule has 1 unspecified atom stereocenters. The first-order valence-electron chi connectivity index (χ1n) is 9.43. The van der Waals surface area contributed by atoms with Crippen LogP contribution in [0.4, 0.5) is 10.5 Å². The average molecular weight is 369 g/mol. The fourth-order valence-electron chi connectivity index (χ4n) is 3.48. The lowest BCUT2D eigenvalue weighted by molar-refractivity contribution is 0.252. The van der Waals surface area contributed by atoms with Gasteiger partial charge in [0.05, 0.1) is 0 Å². The number of para-hydroxylation sites is 1. The molecule has 0 bridgehead atoms. The van der Waals surface area contributed by atoms with Crippen molar-refractivity contribution in [1.82, 2.24) is 10.3 Å². The topological polar surface area (TPSA) is 56.9 Å². The number of amides is 2. The Kier molecular flexibility index (Phi) is 5.11. The number of benzene rings is 3. The Morgan fingerprint density at radius 3 is 2.43 bits per heavy atom. The van der Waals surface area contributed by atoms with Crippen LogP contribution in [0.5, 0.6) is 0 Å². The van der Waals surface area contributed by atoms with Gasteiger partial charge in [-0.25, -0.2) is 4.79 Å². The van der Waals surface area contributed by atoms with Crippen LogP contribution in [0, 0.1) is 6.92 Å². The quantitative estimate of drug-likeness (QED) is 0.432. The highest BCUT2D eigenvalue weighted by atomic mass is 16.2. The van der Waals surface area contributed by atoms with Gasteiger partial charge in [0, 0.05) is 35.2 Å². The van der Waals surface area contributed by atoms with Gasteiger partial charge in [0.25, 0.3) is 0 Å². The van der Waals surface area contributed by atoms with E-state index in [1.807, 2.05) is 67.7 Å². The summed E-state index contributed by atoms with van der Waals surface area (Å²) in [6, 6.07) is 26.1. The highest BCUT2D eigenvalue weighted by Crippen LogP contribution is 2.30. The number of H-pyrrole nitrogens is 1. The number of aromatic nitrogens is 1. The summed E-state index contributed by atoms with van der Waals surface area (Å²) in [5.41, 5.74) is 5.39. The van der Waals surface area contributed by atoms with Crippen LogP contribution in [0.2, 0.25) is 0 Å². The fraction of sp³-hybridized carbons (Fsp3) is 0.125. The maximum Gasteiger partial charge on any atom is 0.319 e. The van der Waals surface area contributed by atoms with Gasteiger partial charge < -0.3 is 15.6 Å². The van der Waals surface area contributed by atoms with E-state index in [9.17, 15) is 4.79 Å². The van der Waals surface area contributed by atoms with Gasteiger partial charge in [-0.05, 0) is 36.2 Å². The largest absolute Gasteiger partial charge is 0.361 e. The first kappa shape index (κ1) is 17.9. The Morgan fingerprint density at radius 2 is 1.64 bits per heavy atom. The first-order valence-corrected chi connectivity index (χ1v) is 9.43. The van der Waals surface area contributed by atoms with E-state index in [2.05, 4.69) is 39.9 Å². The van der Waals surface area contributed by atoms with Gasteiger partial charge in [0.1, 0.15) is 0 Å². The van der Waals surface area contributed by atoms with Gasteiger partial charge in [0.2, 0.25) is 0 Å². The standard InChI is InChI=1S/C24H23N3O/c1-17-11-13-19(14-12-17)27-24(28)26-15-21(18-7-3-2-4-8-18)22-16-25-23-10-6-5-9-20(22)23/h2-14,16,21,25H,15H2,1H3,(H2,26,27,28). The summed E-state index contributed by atoms with van der Waals surface area (Å²) in [7, 11) is 0. The van der Waals surface area contributed by atoms with Gasteiger partial charge in [-0.15, -0.1) is 0 Å². The van der Waals surface area contributed by atoms with Crippen LogP contribution in [0.1, 0.15) is 22.6 Å². The number of anilines is 1. The van der Waals surface area contributed by atoms with Crippen LogP contribution in [-0.4, -0.2) is 17.6 Å². The van der Waals surface area contributed by atoms with Gasteiger partial charge in [-0.2, -0.15) is 0 Å². The smallest absolute Gasteiger partial charge is 0.319 e. The van der Waals surface area contributed by atoms with E-state index in [0.717, 1.165) is 16.8 Å². The van der Waals surface area contributed by atoms with Crippen molar-refractivity contribution in [2.24, 2.45) is 0 Å². The van der Waals surface area contributed by atoms with Crippen molar-refractivity contribution < 1.29 is 4.79 Å². The summed E-state index contributed by atoms with van der Waals surface area (Å²) in [6.45, 7) is 2.53. The van der Waals surface area contributed by atoms with Gasteiger partial charge >= 0.3 is 6.03 Å². The van der Waals surface area contributed by atoms with Crippen molar-refractivity contribution in [1.29, 1.82) is 0 Å². The number of urea groups is 1. The molecule has 0 aliphatic heterocycles. The molecule has 0 saturated carbocycles. The number of aromatic amines is 1. The van der Waals surface area contributed by atoms with Crippen LogP contribution in [-0.2, 0) is 0 Å². The number of carbonyl (C=O) groups excluding carboxylic acids is 1. The molecule has 0 aliphatic rings. The molecule has 1 atom stereocenters. The maximum atomic E-state index is 12.4. The molecule has 0 aliphatic carbocycles. The lowest BCUT2D eigenvalue weighted by Gasteiger charge is -2.18. The number of aryl methyl sites for hydroxylation is 1. The minimum atomic E-state index is -0.204. The second kappa shape index (κ2) is 8.01. The molecule has 4 rings (SSSR count). The second-order valence-electron chi connectivity index (χ2n) is 6.95. The zero-order valence-corrected chi connectivity index (χ0v) is 15.8. The maximum absolute atomic E-state index is 12.4. The van der Waals surface area contributed by atoms with E-state index in [1.54, 1.807) is 0 Å². The third-order valence-corrected chi connectivity index (χ3v) is 4.97. The minimum absolute atomic E-state index is 0.0566. The Labute approximate surface area is 164 Å². The van der Waals surface area contributed by atoms with Crippen molar-refractivity contribution in [3.8, 4) is 0 Å².